The molecule has 2 aliphatic rings. The van der Waals surface area contributed by atoms with Gasteiger partial charge < -0.3 is 68.4 Å². The van der Waals surface area contributed by atoms with E-state index < -0.39 is 60.7 Å². The van der Waals surface area contributed by atoms with Gasteiger partial charge in [0.05, 0.1) is 37.3 Å². The molecule has 0 saturated heterocycles. The number of carbonyl (C=O) groups is 3. The van der Waals surface area contributed by atoms with Crippen LogP contribution in [-0.4, -0.2) is 127 Å². The number of hydrogen-bond acceptors (Lipinski definition) is 13. The van der Waals surface area contributed by atoms with Crippen LogP contribution in [0.2, 0.25) is 0 Å². The highest BCUT2D eigenvalue weighted by molar-refractivity contribution is 5.78. The molecule has 1 aliphatic carbocycles. The fourth-order valence-corrected chi connectivity index (χ4v) is 4.61. The van der Waals surface area contributed by atoms with E-state index in [1.165, 1.54) is 19.1 Å². The number of likely N-dealkylation sites (N-methyl/N-ethyl adjacent to an activating group) is 1. The number of rotatable bonds is 12. The molecule has 0 aromatic heterocycles. The third-order valence-electron chi connectivity index (χ3n) is 6.68. The van der Waals surface area contributed by atoms with E-state index in [0.717, 1.165) is 6.92 Å². The van der Waals surface area contributed by atoms with Crippen LogP contribution in [0.4, 0.5) is 0 Å². The summed E-state index contributed by atoms with van der Waals surface area (Å²) in [5.74, 6) is -1.17. The van der Waals surface area contributed by atoms with Crippen LogP contribution in [0.1, 0.15) is 32.6 Å². The monoisotopic (exact) mass is 577 g/mol. The topological polar surface area (TPSA) is 285 Å². The van der Waals surface area contributed by atoms with E-state index >= 15 is 0 Å². The van der Waals surface area contributed by atoms with Crippen LogP contribution in [0.5, 0.6) is 0 Å². The lowest BCUT2D eigenvalue weighted by Crippen LogP contribution is -2.72. The first-order chi connectivity index (χ1) is 18.8. The Morgan fingerprint density at radius 1 is 1.20 bits per heavy atom. The Balaban J connectivity index is 0.00000187. The number of aliphatic carboxylic acids is 1. The number of carbonyl (C=O) groups excluding carboxylic acids is 2. The lowest BCUT2D eigenvalue weighted by molar-refractivity contribution is -0.241. The van der Waals surface area contributed by atoms with Gasteiger partial charge in [-0.1, -0.05) is 0 Å². The van der Waals surface area contributed by atoms with Crippen LogP contribution >= 0.6 is 0 Å². The predicted molar refractivity (Wildman–Crippen MR) is 144 cm³/mol. The lowest BCUT2D eigenvalue weighted by Gasteiger charge is -2.49. The number of hydrogen-bond donors (Lipinski definition) is 9. The molecule has 14 N–H and O–H groups in total. The third kappa shape index (κ3) is 10.2. The van der Waals surface area contributed by atoms with Gasteiger partial charge in [0.2, 0.25) is 18.1 Å². The molecule has 0 aromatic rings. The molecule has 0 radical (unpaired) electrons. The Morgan fingerprint density at radius 2 is 1.82 bits per heavy atom. The zero-order chi connectivity index (χ0) is 30.6. The van der Waals surface area contributed by atoms with Crippen molar-refractivity contribution in [2.75, 3.05) is 33.8 Å². The summed E-state index contributed by atoms with van der Waals surface area (Å²) in [6.45, 7) is 1.36. The van der Waals surface area contributed by atoms with Crippen LogP contribution < -0.4 is 34.0 Å². The number of amides is 2. The number of methoxy groups -OCH3 is 1. The highest BCUT2D eigenvalue weighted by atomic mass is 16.7. The molecule has 0 bridgehead atoms. The lowest BCUT2D eigenvalue weighted by atomic mass is 9.80. The second kappa shape index (κ2) is 17.4. The Morgan fingerprint density at radius 3 is 2.35 bits per heavy atom. The van der Waals surface area contributed by atoms with Crippen LogP contribution in [0.15, 0.2) is 11.8 Å². The quantitative estimate of drug-likeness (QED) is 0.106. The predicted octanol–water partition coefficient (Wildman–Crippen LogP) is -4.14. The average molecular weight is 578 g/mol. The minimum absolute atomic E-state index is 0.0878. The Kier molecular flexibility index (Phi) is 15.5. The van der Waals surface area contributed by atoms with Crippen molar-refractivity contribution in [3.05, 3.63) is 11.8 Å². The number of carboxylic acids is 1. The summed E-state index contributed by atoms with van der Waals surface area (Å²) >= 11 is 0. The number of nitrogens with one attached hydrogen (secondary N) is 1. The van der Waals surface area contributed by atoms with Gasteiger partial charge in [-0.05, 0) is 31.9 Å². The largest absolute Gasteiger partial charge is 0.481 e. The van der Waals surface area contributed by atoms with Gasteiger partial charge in [0.25, 0.3) is 5.97 Å². The molecule has 1 saturated carbocycles. The van der Waals surface area contributed by atoms with Crippen LogP contribution in [0.25, 0.3) is 0 Å². The van der Waals surface area contributed by atoms with Crippen molar-refractivity contribution in [2.24, 2.45) is 28.7 Å². The number of nitrogens with zero attached hydrogens (tertiary/aromatic N) is 1. The van der Waals surface area contributed by atoms with Gasteiger partial charge in [-0.15, -0.1) is 0 Å². The Bertz CT molecular complexity index is 846. The molecule has 16 nitrogen and oxygen atoms in total. The molecule has 232 valence electrons. The van der Waals surface area contributed by atoms with E-state index in [0.29, 0.717) is 31.6 Å². The summed E-state index contributed by atoms with van der Waals surface area (Å²) in [7, 11) is 2.79. The first kappa shape index (κ1) is 35.6. The van der Waals surface area contributed by atoms with E-state index in [1.807, 2.05) is 0 Å². The maximum Gasteiger partial charge on any atom is 0.300 e. The number of aliphatic hydroxyl groups excluding tert-OH is 2. The molecule has 1 heterocycles. The molecule has 0 aromatic carbocycles. The van der Waals surface area contributed by atoms with Crippen LogP contribution in [-0.2, 0) is 28.6 Å². The van der Waals surface area contributed by atoms with E-state index in [-0.39, 0.29) is 31.5 Å². The second-order valence-electron chi connectivity index (χ2n) is 9.74. The fraction of sp³-hybridized carbons (Fsp3) is 0.792. The summed E-state index contributed by atoms with van der Waals surface area (Å²) < 4.78 is 17.3. The summed E-state index contributed by atoms with van der Waals surface area (Å²) in [4.78, 5) is 35.1. The molecule has 1 aliphatic heterocycles. The highest BCUT2D eigenvalue weighted by Gasteiger charge is 2.53. The molecule has 2 amide bonds. The summed E-state index contributed by atoms with van der Waals surface area (Å²) in [5, 5.41) is 32.3. The molecule has 40 heavy (non-hydrogen) atoms. The molecule has 9 unspecified atom stereocenters. The van der Waals surface area contributed by atoms with E-state index in [1.54, 1.807) is 6.08 Å². The number of nitrogens with two attached hydrogens (primary N) is 5. The zero-order valence-electron chi connectivity index (χ0n) is 23.3. The second-order valence-corrected chi connectivity index (χ2v) is 9.74. The normalized spacial score (nSPS) is 30.6. The van der Waals surface area contributed by atoms with Crippen LogP contribution in [0.3, 0.4) is 0 Å². The van der Waals surface area contributed by atoms with Crippen molar-refractivity contribution >= 4 is 17.8 Å². The fourth-order valence-electron chi connectivity index (χ4n) is 4.61. The molecule has 2 rings (SSSR count). The van der Waals surface area contributed by atoms with Gasteiger partial charge in [-0.25, -0.2) is 0 Å². The summed E-state index contributed by atoms with van der Waals surface area (Å²) in [6.07, 6.45) is -2.42. The number of carboxylic acid groups (broad SMARTS) is 1. The maximum absolute atomic E-state index is 12.6. The van der Waals surface area contributed by atoms with Gasteiger partial charge >= 0.3 is 0 Å². The van der Waals surface area contributed by atoms with Crippen molar-refractivity contribution in [3.63, 3.8) is 0 Å². The van der Waals surface area contributed by atoms with E-state index in [9.17, 15) is 19.8 Å². The standard InChI is InChI=1S/C22H43N7O7.C2H4O2/c1-29(15(31)10-25)17-19(33)20(16(27)18(32)21(17)34-2)36-22-13(6-5-12(9-24)35-22)28-14(30)8-11(26)4-3-7-23;1-2(3)4/h5,11,13,16-22,32-33H,3-4,6-10,23-27H2,1-2H3,(H,28,30);1H3,(H,3,4). The minimum atomic E-state index is -1.37. The van der Waals surface area contributed by atoms with Gasteiger partial charge in [0, 0.05) is 33.5 Å². The Labute approximate surface area is 234 Å². The summed E-state index contributed by atoms with van der Waals surface area (Å²) in [5.41, 5.74) is 29.0. The molecular weight excluding hydrogens is 530 g/mol. The van der Waals surface area contributed by atoms with Crippen molar-refractivity contribution in [1.29, 1.82) is 0 Å². The molecule has 16 heteroatoms. The Hall–Kier alpha value is -2.41. The molecular formula is C24H47N7O9. The molecule has 9 atom stereocenters. The van der Waals surface area contributed by atoms with E-state index in [2.05, 4.69) is 5.32 Å². The maximum atomic E-state index is 12.6. The van der Waals surface area contributed by atoms with Gasteiger partial charge in [-0.2, -0.15) is 0 Å². The minimum Gasteiger partial charge on any atom is -0.481 e. The summed E-state index contributed by atoms with van der Waals surface area (Å²) in [6, 6.07) is -3.10. The van der Waals surface area contributed by atoms with Crippen molar-refractivity contribution < 1.29 is 43.9 Å². The first-order valence-electron chi connectivity index (χ1n) is 13.1. The van der Waals surface area contributed by atoms with Gasteiger partial charge in [-0.3, -0.25) is 14.4 Å². The molecule has 0 spiro atoms. The third-order valence-corrected chi connectivity index (χ3v) is 6.68. The zero-order valence-corrected chi connectivity index (χ0v) is 23.3. The van der Waals surface area contributed by atoms with E-state index in [4.69, 9.17) is 52.8 Å². The van der Waals surface area contributed by atoms with Gasteiger partial charge in [0.1, 0.15) is 24.1 Å². The van der Waals surface area contributed by atoms with Gasteiger partial charge in [0.15, 0.2) is 0 Å². The SMILES string of the molecule is CC(=O)O.COC1C(O)C(N)C(OC2OC(CN)=CCC2NC(=O)CC(N)CCCN)C(O)C1N(C)C(=O)CN. The number of ether oxygens (including phenoxy) is 3. The average Bonchev–Trinajstić information content (AvgIpc) is 2.91. The first-order valence-corrected chi connectivity index (χ1v) is 13.1. The smallest absolute Gasteiger partial charge is 0.300 e. The van der Waals surface area contributed by atoms with Crippen molar-refractivity contribution in [1.82, 2.24) is 10.2 Å². The van der Waals surface area contributed by atoms with Crippen LogP contribution in [0, 0.1) is 0 Å². The number of aliphatic hydroxyl groups is 2. The highest BCUT2D eigenvalue weighted by Crippen LogP contribution is 2.30. The van der Waals surface area contributed by atoms with Crippen molar-refractivity contribution in [2.45, 2.75) is 87.5 Å². The molecule has 1 fully saturated rings. The van der Waals surface area contributed by atoms with Crippen molar-refractivity contribution in [3.8, 4) is 0 Å².